The molecule has 2 aliphatic heterocycles. The van der Waals surface area contributed by atoms with Crippen molar-refractivity contribution < 1.29 is 4.74 Å². The smallest absolute Gasteiger partial charge is 0.180 e. The second kappa shape index (κ2) is 46.9. The zero-order valence-corrected chi connectivity index (χ0v) is 69.2. The van der Waals surface area contributed by atoms with E-state index >= 15 is 0 Å². The Labute approximate surface area is 632 Å². The van der Waals surface area contributed by atoms with Crippen molar-refractivity contribution in [1.29, 1.82) is 0 Å². The molecule has 2 saturated heterocycles. The van der Waals surface area contributed by atoms with Crippen LogP contribution in [-0.4, -0.2) is 190 Å². The summed E-state index contributed by atoms with van der Waals surface area (Å²) in [6.07, 6.45) is 25.1. The van der Waals surface area contributed by atoms with Crippen LogP contribution < -0.4 is 14.7 Å². The highest BCUT2D eigenvalue weighted by Gasteiger charge is 2.23. The number of aryl methyl sites for hydroxylation is 4. The summed E-state index contributed by atoms with van der Waals surface area (Å²) in [7, 11) is 7.38. The zero-order chi connectivity index (χ0) is 78.5. The van der Waals surface area contributed by atoms with Crippen molar-refractivity contribution in [3.63, 3.8) is 0 Å². The van der Waals surface area contributed by atoms with Gasteiger partial charge in [-0.15, -0.1) is 51.0 Å². The van der Waals surface area contributed by atoms with Crippen LogP contribution >= 0.6 is 0 Å². The SMILES string of the molecule is CC(C)c1ncc(N(C)C)cn1.CC(C)c1ncc(N2CCCCC2)cn1.CC(C)c1ncc(N2CCCCC2)cn1.CC(C)c1nnn(C(C)C)n1.CC(C)c1nnn(C)n1.CCCn1nnc(C(C)C)n1.COCCn1nnc(C(C)(C)C)n1.Cc1ccc(C(C)C)nc1.Cc1nnn(CC2CC2)n1. The van der Waals surface area contributed by atoms with Gasteiger partial charge >= 0.3 is 0 Å². The molecule has 3 aliphatic rings. The molecule has 9 aromatic rings. The van der Waals surface area contributed by atoms with Crippen molar-refractivity contribution in [3.05, 3.63) is 113 Å². The molecule has 0 bridgehead atoms. The number of ether oxygens (including phenoxy) is 1. The normalized spacial score (nSPS) is 13.4. The van der Waals surface area contributed by atoms with Gasteiger partial charge in [0.05, 0.1) is 93.6 Å². The number of nitrogens with zero attached hydrogens (tertiary/aromatic N) is 30. The van der Waals surface area contributed by atoms with E-state index in [2.05, 4.69) is 252 Å². The summed E-state index contributed by atoms with van der Waals surface area (Å²) in [4.78, 5) is 45.1. The lowest BCUT2D eigenvalue weighted by Crippen LogP contribution is -2.29. The Morgan fingerprint density at radius 3 is 1.25 bits per heavy atom. The monoisotopic (exact) mass is 1470 g/mol. The maximum Gasteiger partial charge on any atom is 0.180 e. The summed E-state index contributed by atoms with van der Waals surface area (Å²) >= 11 is 0. The Balaban J connectivity index is 0.000000253. The quantitative estimate of drug-likeness (QED) is 0.0770. The van der Waals surface area contributed by atoms with Crippen LogP contribution in [0.5, 0.6) is 0 Å². The molecule has 3 fully saturated rings. The van der Waals surface area contributed by atoms with Gasteiger partial charge in [0.1, 0.15) is 17.5 Å². The lowest BCUT2D eigenvalue weighted by Gasteiger charge is -2.28. The molecule has 0 N–H and O–H groups in total. The van der Waals surface area contributed by atoms with Crippen LogP contribution in [0.4, 0.5) is 17.1 Å². The fraction of sp³-hybridized carbons (Fsp3) is 0.707. The van der Waals surface area contributed by atoms with Crippen molar-refractivity contribution in [2.75, 3.05) is 68.7 Å². The number of hydrogen-bond acceptors (Lipinski definition) is 26. The lowest BCUT2D eigenvalue weighted by molar-refractivity contribution is 0.178. The first-order valence-corrected chi connectivity index (χ1v) is 38.2. The summed E-state index contributed by atoms with van der Waals surface area (Å²) in [6, 6.07) is 4.48. The first-order valence-electron chi connectivity index (χ1n) is 38.2. The van der Waals surface area contributed by atoms with E-state index in [0.29, 0.717) is 60.6 Å². The van der Waals surface area contributed by atoms with Crippen molar-refractivity contribution in [2.24, 2.45) is 13.0 Å². The highest BCUT2D eigenvalue weighted by Crippen LogP contribution is 2.30. The molecule has 31 heteroatoms. The van der Waals surface area contributed by atoms with Gasteiger partial charge in [-0.25, -0.2) is 29.9 Å². The highest BCUT2D eigenvalue weighted by molar-refractivity contribution is 5.43. The average Bonchev–Trinajstić information content (AvgIpc) is 1.56. The van der Waals surface area contributed by atoms with Gasteiger partial charge in [-0.3, -0.25) is 4.98 Å². The molecule has 0 spiro atoms. The Hall–Kier alpha value is -8.90. The van der Waals surface area contributed by atoms with Gasteiger partial charge in [0.15, 0.2) is 29.1 Å². The van der Waals surface area contributed by atoms with Crippen LogP contribution in [0.2, 0.25) is 0 Å². The van der Waals surface area contributed by atoms with Crippen LogP contribution in [0.3, 0.4) is 0 Å². The largest absolute Gasteiger partial charge is 0.383 e. The fourth-order valence-corrected chi connectivity index (χ4v) is 9.31. The van der Waals surface area contributed by atoms with Crippen molar-refractivity contribution >= 4 is 17.1 Å². The first-order chi connectivity index (χ1) is 50.3. The molecule has 0 aromatic carbocycles. The molecule has 586 valence electrons. The third-order valence-electron chi connectivity index (χ3n) is 16.2. The topological polar surface area (TPSA) is 327 Å². The minimum atomic E-state index is -0.0364. The number of rotatable bonds is 18. The predicted molar refractivity (Wildman–Crippen MR) is 419 cm³/mol. The Morgan fingerprint density at radius 2 is 0.906 bits per heavy atom. The third-order valence-corrected chi connectivity index (χ3v) is 16.2. The Bertz CT molecular complexity index is 3580. The van der Waals surface area contributed by atoms with E-state index in [1.807, 2.05) is 97.0 Å². The summed E-state index contributed by atoms with van der Waals surface area (Å²) in [5.74, 6) is 10.5. The molecule has 31 nitrogen and oxygen atoms in total. The summed E-state index contributed by atoms with van der Waals surface area (Å²) in [5.41, 5.74) is 5.76. The number of aromatic nitrogens is 27. The molecule has 0 atom stereocenters. The average molecular weight is 1470 g/mol. The van der Waals surface area contributed by atoms with Crippen molar-refractivity contribution in [2.45, 2.75) is 283 Å². The maximum atomic E-state index is 4.91. The van der Waals surface area contributed by atoms with E-state index in [0.717, 1.165) is 104 Å². The van der Waals surface area contributed by atoms with Gasteiger partial charge in [0, 0.05) is 100 Å². The molecular formula is C75H130N30O. The van der Waals surface area contributed by atoms with Crippen molar-refractivity contribution in [3.8, 4) is 0 Å². The van der Waals surface area contributed by atoms with Gasteiger partial charge in [0.25, 0.3) is 0 Å². The molecule has 9 aromatic heterocycles. The minimum Gasteiger partial charge on any atom is -0.383 e. The molecular weight excluding hydrogens is 1340 g/mol. The molecule has 1 saturated carbocycles. The maximum absolute atomic E-state index is 4.91. The van der Waals surface area contributed by atoms with Gasteiger partial charge in [-0.05, 0) is 135 Å². The van der Waals surface area contributed by atoms with Crippen LogP contribution in [0.25, 0.3) is 0 Å². The van der Waals surface area contributed by atoms with Gasteiger partial charge in [-0.2, -0.15) is 24.0 Å². The Kier molecular flexibility index (Phi) is 39.6. The number of anilines is 3. The summed E-state index contributed by atoms with van der Waals surface area (Å²) in [5, 5.41) is 59.4. The lowest BCUT2D eigenvalue weighted by atomic mass is 9.96. The summed E-state index contributed by atoms with van der Waals surface area (Å²) in [6.45, 7) is 53.2. The van der Waals surface area contributed by atoms with Crippen LogP contribution in [0, 0.1) is 19.8 Å². The van der Waals surface area contributed by atoms with Crippen molar-refractivity contribution in [1.82, 2.24) is 136 Å². The molecule has 12 rings (SSSR count). The minimum absolute atomic E-state index is 0.0364. The number of pyridine rings is 1. The van der Waals surface area contributed by atoms with Gasteiger partial charge in [-0.1, -0.05) is 131 Å². The van der Waals surface area contributed by atoms with E-state index < -0.39 is 0 Å². The first kappa shape index (κ1) is 89.5. The van der Waals surface area contributed by atoms with E-state index in [1.54, 1.807) is 33.3 Å². The fourth-order valence-electron chi connectivity index (χ4n) is 9.31. The van der Waals surface area contributed by atoms with E-state index in [-0.39, 0.29) is 5.41 Å². The van der Waals surface area contributed by atoms with Crippen LogP contribution in [0.15, 0.2) is 55.5 Å². The van der Waals surface area contributed by atoms with E-state index in [9.17, 15) is 0 Å². The molecule has 0 radical (unpaired) electrons. The second-order valence-corrected chi connectivity index (χ2v) is 30.5. The molecule has 0 amide bonds. The van der Waals surface area contributed by atoms with Crippen LogP contribution in [0.1, 0.15) is 302 Å². The third kappa shape index (κ3) is 34.6. The van der Waals surface area contributed by atoms with Crippen LogP contribution in [-0.2, 0) is 36.8 Å². The molecule has 0 unspecified atom stereocenters. The van der Waals surface area contributed by atoms with Gasteiger partial charge in [0.2, 0.25) is 0 Å². The highest BCUT2D eigenvalue weighted by atomic mass is 16.5. The Morgan fingerprint density at radius 1 is 0.462 bits per heavy atom. The van der Waals surface area contributed by atoms with E-state index in [4.69, 9.17) is 4.74 Å². The second-order valence-electron chi connectivity index (χ2n) is 30.5. The van der Waals surface area contributed by atoms with Gasteiger partial charge < -0.3 is 19.4 Å². The number of methoxy groups -OCH3 is 1. The standard InChI is InChI=1S/2C12H19N3.C9H15N3.C9H13N.C8H16N4O.2C7H14N4.C6H10N4.C5H10N4/c2*1-10(2)12-13-8-11(9-14-12)15-6-4-3-5-7-15;1-7(2)9-10-5-8(6-11-9)12(3)4;1-7(2)9-5-4-8(3)6-10-9;1-8(2,3)7-9-11-12(10-7)5-6-13-4;1-5(2)7-8-10-11(9-7)6(3)4;1-4-5-11-9-7(6(2)3)8-10-11;1-5-7-9-10(8-5)4-6-2-3-6;1-4(2)5-6-8-9(3)7-5/h2*8-10H,3-7H2,1-2H3;5-7H,1-4H3;4-7H,1-3H3;5-6H2,1-4H3;5-6H,1-4H3;6H,4-5H2,1-3H3;6H,2-4H2,1H3;4H,1-3H3. The number of hydrogen-bond donors (Lipinski definition) is 0. The number of piperidine rings is 2. The predicted octanol–water partition coefficient (Wildman–Crippen LogP) is 13.3. The van der Waals surface area contributed by atoms with E-state index in [1.165, 1.54) is 78.8 Å². The molecule has 11 heterocycles. The zero-order valence-electron chi connectivity index (χ0n) is 69.2. The summed E-state index contributed by atoms with van der Waals surface area (Å²) < 4.78 is 4.91. The number of tetrazole rings is 5. The molecule has 1 aliphatic carbocycles. The molecule has 106 heavy (non-hydrogen) atoms.